The highest BCUT2D eigenvalue weighted by Crippen LogP contribution is 2.24. The Morgan fingerprint density at radius 2 is 1.73 bits per heavy atom. The highest BCUT2D eigenvalue weighted by molar-refractivity contribution is 5.83. The van der Waals surface area contributed by atoms with Crippen LogP contribution in [0.3, 0.4) is 0 Å². The van der Waals surface area contributed by atoms with Gasteiger partial charge in [-0.2, -0.15) is 13.2 Å². The number of benzene rings is 1. The summed E-state index contributed by atoms with van der Waals surface area (Å²) in [7, 11) is 3.92. The van der Waals surface area contributed by atoms with Gasteiger partial charge in [-0.3, -0.25) is 9.59 Å². The summed E-state index contributed by atoms with van der Waals surface area (Å²) in [6.07, 6.45) is -3.65. The number of carbonyl (C=O) groups excluding carboxylic acids is 2. The summed E-state index contributed by atoms with van der Waals surface area (Å²) < 4.78 is 37.2. The van der Waals surface area contributed by atoms with Crippen LogP contribution in [0, 0.1) is 5.92 Å². The number of carbonyl (C=O) groups is 2. The normalized spacial score (nSPS) is 15.7. The number of nitrogens with one attached hydrogen (secondary N) is 1. The topological polar surface area (TPSA) is 52.7 Å². The number of hydrogen-bond donors (Lipinski definition) is 1. The van der Waals surface area contributed by atoms with E-state index in [9.17, 15) is 22.8 Å². The van der Waals surface area contributed by atoms with E-state index in [2.05, 4.69) is 5.32 Å². The summed E-state index contributed by atoms with van der Waals surface area (Å²) in [5.41, 5.74) is 2.19. The van der Waals surface area contributed by atoms with Gasteiger partial charge in [-0.1, -0.05) is 12.1 Å². The Morgan fingerprint density at radius 3 is 2.23 bits per heavy atom. The van der Waals surface area contributed by atoms with Gasteiger partial charge in [-0.05, 0) is 37.0 Å². The molecule has 1 aliphatic rings. The molecule has 1 aromatic carbocycles. The van der Waals surface area contributed by atoms with Gasteiger partial charge in [0.1, 0.15) is 0 Å². The van der Waals surface area contributed by atoms with Crippen LogP contribution < -0.4 is 10.2 Å². The predicted octanol–water partition coefficient (Wildman–Crippen LogP) is 2.21. The maximum absolute atomic E-state index is 12.4. The van der Waals surface area contributed by atoms with Crippen molar-refractivity contribution in [3.63, 3.8) is 0 Å². The van der Waals surface area contributed by atoms with Crippen molar-refractivity contribution in [3.05, 3.63) is 29.8 Å². The standard InChI is InChI=1S/C18H24F3N3O2/c1-23(2)15-5-3-13(4-6-15)7-10-22-16(25)14-8-11-24(12-9-14)17(26)18(19,20)21/h3-6,14H,7-12H2,1-2H3,(H,22,25). The van der Waals surface area contributed by atoms with Gasteiger partial charge in [0.15, 0.2) is 0 Å². The molecule has 1 aromatic rings. The number of piperidine rings is 1. The Kier molecular flexibility index (Phi) is 6.50. The van der Waals surface area contributed by atoms with E-state index in [-0.39, 0.29) is 37.8 Å². The number of hydrogen-bond acceptors (Lipinski definition) is 3. The van der Waals surface area contributed by atoms with Gasteiger partial charge < -0.3 is 15.1 Å². The average Bonchev–Trinajstić information content (AvgIpc) is 2.60. The molecule has 0 saturated carbocycles. The molecule has 0 unspecified atom stereocenters. The molecule has 5 nitrogen and oxygen atoms in total. The molecule has 1 heterocycles. The maximum Gasteiger partial charge on any atom is 0.471 e. The quantitative estimate of drug-likeness (QED) is 0.864. The van der Waals surface area contributed by atoms with Crippen LogP contribution >= 0.6 is 0 Å². The fourth-order valence-electron chi connectivity index (χ4n) is 2.96. The third-order valence-electron chi connectivity index (χ3n) is 4.56. The van der Waals surface area contributed by atoms with E-state index in [1.807, 2.05) is 43.3 Å². The first-order valence-electron chi connectivity index (χ1n) is 8.58. The van der Waals surface area contributed by atoms with Crippen molar-refractivity contribution >= 4 is 17.5 Å². The second kappa shape index (κ2) is 8.42. The lowest BCUT2D eigenvalue weighted by molar-refractivity contribution is -0.186. The van der Waals surface area contributed by atoms with Gasteiger partial charge in [0, 0.05) is 45.3 Å². The summed E-state index contributed by atoms with van der Waals surface area (Å²) in [6, 6.07) is 8.01. The smallest absolute Gasteiger partial charge is 0.378 e. The molecule has 8 heteroatoms. The maximum atomic E-state index is 12.4. The molecule has 0 radical (unpaired) electrons. The lowest BCUT2D eigenvalue weighted by atomic mass is 9.95. The summed E-state index contributed by atoms with van der Waals surface area (Å²) in [5, 5.41) is 2.84. The monoisotopic (exact) mass is 371 g/mol. The van der Waals surface area contributed by atoms with Crippen molar-refractivity contribution < 1.29 is 22.8 Å². The Hall–Kier alpha value is -2.25. The molecule has 1 saturated heterocycles. The molecule has 1 fully saturated rings. The second-order valence-electron chi connectivity index (χ2n) is 6.67. The number of anilines is 1. The average molecular weight is 371 g/mol. The van der Waals surface area contributed by atoms with Crippen LogP contribution in [0.4, 0.5) is 18.9 Å². The van der Waals surface area contributed by atoms with Crippen LogP contribution in [0.1, 0.15) is 18.4 Å². The zero-order chi connectivity index (χ0) is 19.3. The minimum absolute atomic E-state index is 0.0393. The summed E-state index contributed by atoms with van der Waals surface area (Å²) in [4.78, 5) is 26.1. The lowest BCUT2D eigenvalue weighted by Crippen LogP contribution is -2.47. The highest BCUT2D eigenvalue weighted by atomic mass is 19.4. The molecule has 26 heavy (non-hydrogen) atoms. The molecule has 2 rings (SSSR count). The molecule has 0 aromatic heterocycles. The Labute approximate surface area is 151 Å². The molecule has 1 N–H and O–H groups in total. The van der Waals surface area contributed by atoms with Crippen LogP contribution in [0.5, 0.6) is 0 Å². The molecule has 0 bridgehead atoms. The first-order chi connectivity index (χ1) is 12.2. The lowest BCUT2D eigenvalue weighted by Gasteiger charge is -2.31. The fraction of sp³-hybridized carbons (Fsp3) is 0.556. The van der Waals surface area contributed by atoms with E-state index in [0.717, 1.165) is 16.2 Å². The van der Waals surface area contributed by atoms with Crippen molar-refractivity contribution in [2.24, 2.45) is 5.92 Å². The van der Waals surface area contributed by atoms with Gasteiger partial charge in [-0.25, -0.2) is 0 Å². The largest absolute Gasteiger partial charge is 0.471 e. The molecule has 1 aliphatic heterocycles. The summed E-state index contributed by atoms with van der Waals surface area (Å²) in [6.45, 7) is 0.396. The molecule has 0 spiro atoms. The Bertz CT molecular complexity index is 622. The van der Waals surface area contributed by atoms with Crippen LogP contribution in [0.25, 0.3) is 0 Å². The fourth-order valence-corrected chi connectivity index (χ4v) is 2.96. The van der Waals surface area contributed by atoms with Gasteiger partial charge >= 0.3 is 12.1 Å². The van der Waals surface area contributed by atoms with Crippen molar-refractivity contribution in [1.82, 2.24) is 10.2 Å². The van der Waals surface area contributed by atoms with E-state index < -0.39 is 12.1 Å². The van der Waals surface area contributed by atoms with Crippen LogP contribution in [0.2, 0.25) is 0 Å². The zero-order valence-corrected chi connectivity index (χ0v) is 15.0. The first kappa shape index (κ1) is 20.1. The van der Waals surface area contributed by atoms with Crippen molar-refractivity contribution in [1.29, 1.82) is 0 Å². The van der Waals surface area contributed by atoms with E-state index >= 15 is 0 Å². The highest BCUT2D eigenvalue weighted by Gasteiger charge is 2.43. The van der Waals surface area contributed by atoms with Crippen molar-refractivity contribution in [2.75, 3.05) is 38.6 Å². The van der Waals surface area contributed by atoms with Gasteiger partial charge in [0.25, 0.3) is 0 Å². The van der Waals surface area contributed by atoms with Gasteiger partial charge in [0.05, 0.1) is 0 Å². The van der Waals surface area contributed by atoms with Crippen molar-refractivity contribution in [2.45, 2.75) is 25.4 Å². The number of likely N-dealkylation sites (tertiary alicyclic amines) is 1. The number of alkyl halides is 3. The molecule has 144 valence electrons. The third-order valence-corrected chi connectivity index (χ3v) is 4.56. The zero-order valence-electron chi connectivity index (χ0n) is 15.0. The number of rotatable bonds is 5. The third kappa shape index (κ3) is 5.37. The predicted molar refractivity (Wildman–Crippen MR) is 92.8 cm³/mol. The van der Waals surface area contributed by atoms with Crippen molar-refractivity contribution in [3.8, 4) is 0 Å². The molecular weight excluding hydrogens is 347 g/mol. The summed E-state index contributed by atoms with van der Waals surface area (Å²) >= 11 is 0. The Balaban J connectivity index is 1.73. The van der Waals surface area contributed by atoms with Gasteiger partial charge in [-0.15, -0.1) is 0 Å². The minimum Gasteiger partial charge on any atom is -0.378 e. The number of amides is 2. The number of halogens is 3. The van der Waals surface area contributed by atoms with Gasteiger partial charge in [0.2, 0.25) is 5.91 Å². The van der Waals surface area contributed by atoms with E-state index in [1.54, 1.807) is 0 Å². The van der Waals surface area contributed by atoms with Crippen LogP contribution in [0.15, 0.2) is 24.3 Å². The molecule has 0 atom stereocenters. The molecule has 0 aliphatic carbocycles. The Morgan fingerprint density at radius 1 is 1.15 bits per heavy atom. The van der Waals surface area contributed by atoms with E-state index in [1.165, 1.54) is 0 Å². The first-order valence-corrected chi connectivity index (χ1v) is 8.58. The molecule has 2 amide bonds. The minimum atomic E-state index is -4.85. The molecular formula is C18H24F3N3O2. The summed E-state index contributed by atoms with van der Waals surface area (Å²) in [5.74, 6) is -2.32. The van der Waals surface area contributed by atoms with E-state index in [4.69, 9.17) is 0 Å². The number of nitrogens with zero attached hydrogens (tertiary/aromatic N) is 2. The van der Waals surface area contributed by atoms with Crippen LogP contribution in [-0.2, 0) is 16.0 Å². The van der Waals surface area contributed by atoms with E-state index in [0.29, 0.717) is 13.0 Å². The second-order valence-corrected chi connectivity index (χ2v) is 6.67. The SMILES string of the molecule is CN(C)c1ccc(CCNC(=O)C2CCN(C(=O)C(F)(F)F)CC2)cc1. The van der Waals surface area contributed by atoms with Crippen LogP contribution in [-0.4, -0.2) is 56.6 Å².